The Morgan fingerprint density at radius 2 is 2.00 bits per heavy atom. The Hall–Kier alpha value is -2.49. The molecule has 2 aromatic carbocycles. The molecule has 1 aliphatic heterocycles. The van der Waals surface area contributed by atoms with Crippen molar-refractivity contribution in [3.8, 4) is 5.75 Å². The maximum atomic E-state index is 12.2. The number of benzene rings is 2. The van der Waals surface area contributed by atoms with E-state index in [4.69, 9.17) is 4.74 Å². The summed E-state index contributed by atoms with van der Waals surface area (Å²) < 4.78 is 5.41. The molecule has 3 rings (SSSR count). The van der Waals surface area contributed by atoms with Gasteiger partial charge < -0.3 is 15.0 Å². The second kappa shape index (κ2) is 6.73. The Balaban J connectivity index is 1.62. The molecule has 1 heterocycles. The molecule has 1 aliphatic rings. The molecule has 0 radical (unpaired) electrons. The van der Waals surface area contributed by atoms with Crippen LogP contribution < -0.4 is 15.0 Å². The Morgan fingerprint density at radius 3 is 2.74 bits per heavy atom. The van der Waals surface area contributed by atoms with Crippen molar-refractivity contribution < 1.29 is 9.53 Å². The van der Waals surface area contributed by atoms with E-state index in [-0.39, 0.29) is 5.91 Å². The van der Waals surface area contributed by atoms with Crippen LogP contribution in [0, 0.1) is 0 Å². The highest BCUT2D eigenvalue weighted by Crippen LogP contribution is 2.29. The summed E-state index contributed by atoms with van der Waals surface area (Å²) in [6.07, 6.45) is 1.44. The van der Waals surface area contributed by atoms with Crippen LogP contribution in [0.25, 0.3) is 0 Å². The number of anilines is 2. The van der Waals surface area contributed by atoms with Crippen LogP contribution in [0.4, 0.5) is 11.4 Å². The van der Waals surface area contributed by atoms with Gasteiger partial charge in [-0.05, 0) is 48.7 Å². The van der Waals surface area contributed by atoms with Gasteiger partial charge in [-0.3, -0.25) is 4.79 Å². The van der Waals surface area contributed by atoms with E-state index in [2.05, 4.69) is 29.4 Å². The van der Waals surface area contributed by atoms with Crippen molar-refractivity contribution in [3.63, 3.8) is 0 Å². The molecule has 2 aromatic rings. The molecule has 23 heavy (non-hydrogen) atoms. The summed E-state index contributed by atoms with van der Waals surface area (Å²) in [6, 6.07) is 13.8. The standard InChI is InChI=1S/C19H22N2O2/c1-3-23-17-8-4-14(5-9-17)12-19(22)20-16-7-6-15-10-11-21(2)18(15)13-16/h4-9,13H,3,10-12H2,1-2H3,(H,20,22). The van der Waals surface area contributed by atoms with E-state index in [0.717, 1.165) is 30.0 Å². The highest BCUT2D eigenvalue weighted by Gasteiger charge is 2.16. The van der Waals surface area contributed by atoms with Gasteiger partial charge in [0.2, 0.25) is 5.91 Å². The van der Waals surface area contributed by atoms with Crippen LogP contribution >= 0.6 is 0 Å². The molecule has 0 atom stereocenters. The number of amides is 1. The second-order valence-electron chi connectivity index (χ2n) is 5.82. The van der Waals surface area contributed by atoms with Gasteiger partial charge in [0.1, 0.15) is 5.75 Å². The van der Waals surface area contributed by atoms with Crippen molar-refractivity contribution in [2.75, 3.05) is 30.4 Å². The van der Waals surface area contributed by atoms with Gasteiger partial charge in [0.05, 0.1) is 13.0 Å². The number of hydrogen-bond acceptors (Lipinski definition) is 3. The third kappa shape index (κ3) is 3.65. The summed E-state index contributed by atoms with van der Waals surface area (Å²) in [5, 5.41) is 2.98. The topological polar surface area (TPSA) is 41.6 Å². The van der Waals surface area contributed by atoms with E-state index in [1.807, 2.05) is 37.3 Å². The monoisotopic (exact) mass is 310 g/mol. The Bertz CT molecular complexity index is 695. The predicted octanol–water partition coefficient (Wildman–Crippen LogP) is 3.26. The van der Waals surface area contributed by atoms with Gasteiger partial charge in [-0.25, -0.2) is 0 Å². The van der Waals surface area contributed by atoms with E-state index in [1.54, 1.807) is 0 Å². The fourth-order valence-corrected chi connectivity index (χ4v) is 2.88. The van der Waals surface area contributed by atoms with Gasteiger partial charge in [-0.2, -0.15) is 0 Å². The van der Waals surface area contributed by atoms with E-state index < -0.39 is 0 Å². The fourth-order valence-electron chi connectivity index (χ4n) is 2.88. The summed E-state index contributed by atoms with van der Waals surface area (Å²) in [7, 11) is 2.08. The molecule has 0 fully saturated rings. The first-order valence-electron chi connectivity index (χ1n) is 8.01. The van der Waals surface area contributed by atoms with E-state index in [0.29, 0.717) is 13.0 Å². The molecule has 1 N–H and O–H groups in total. The lowest BCUT2D eigenvalue weighted by molar-refractivity contribution is -0.115. The molecule has 120 valence electrons. The molecular weight excluding hydrogens is 288 g/mol. The zero-order valence-corrected chi connectivity index (χ0v) is 13.6. The SMILES string of the molecule is CCOc1ccc(CC(=O)Nc2ccc3c(c2)N(C)CC3)cc1. The number of nitrogens with one attached hydrogen (secondary N) is 1. The molecule has 0 aromatic heterocycles. The first-order valence-corrected chi connectivity index (χ1v) is 8.01. The summed E-state index contributed by atoms with van der Waals surface area (Å²) in [6.45, 7) is 3.64. The number of hydrogen-bond donors (Lipinski definition) is 1. The molecule has 0 spiro atoms. The van der Waals surface area contributed by atoms with Crippen molar-refractivity contribution in [2.24, 2.45) is 0 Å². The minimum absolute atomic E-state index is 0.00485. The maximum absolute atomic E-state index is 12.2. The first kappa shape index (κ1) is 15.4. The smallest absolute Gasteiger partial charge is 0.228 e. The van der Waals surface area contributed by atoms with E-state index >= 15 is 0 Å². The quantitative estimate of drug-likeness (QED) is 0.921. The number of rotatable bonds is 5. The fraction of sp³-hybridized carbons (Fsp3) is 0.316. The number of likely N-dealkylation sites (N-methyl/N-ethyl adjacent to an activating group) is 1. The zero-order chi connectivity index (χ0) is 16.2. The Kier molecular flexibility index (Phi) is 4.51. The lowest BCUT2D eigenvalue weighted by Gasteiger charge is -2.13. The predicted molar refractivity (Wildman–Crippen MR) is 93.4 cm³/mol. The normalized spacial score (nSPS) is 12.9. The molecule has 0 saturated carbocycles. The van der Waals surface area contributed by atoms with Gasteiger partial charge in [0.15, 0.2) is 0 Å². The van der Waals surface area contributed by atoms with Gasteiger partial charge in [0.25, 0.3) is 0 Å². The van der Waals surface area contributed by atoms with Gasteiger partial charge in [-0.1, -0.05) is 18.2 Å². The summed E-state index contributed by atoms with van der Waals surface area (Å²) in [5.74, 6) is 0.827. The van der Waals surface area contributed by atoms with Gasteiger partial charge >= 0.3 is 0 Å². The van der Waals surface area contributed by atoms with E-state index in [1.165, 1.54) is 11.3 Å². The summed E-state index contributed by atoms with van der Waals surface area (Å²) >= 11 is 0. The molecule has 0 aliphatic carbocycles. The van der Waals surface area contributed by atoms with Crippen molar-refractivity contribution in [1.82, 2.24) is 0 Å². The number of fused-ring (bicyclic) bond motifs is 1. The molecule has 0 bridgehead atoms. The van der Waals surface area contributed by atoms with Gasteiger partial charge in [0, 0.05) is 25.0 Å². The lowest BCUT2D eigenvalue weighted by Crippen LogP contribution is -2.15. The van der Waals surface area contributed by atoms with Crippen LogP contribution in [0.3, 0.4) is 0 Å². The van der Waals surface area contributed by atoms with Crippen LogP contribution in [0.15, 0.2) is 42.5 Å². The zero-order valence-electron chi connectivity index (χ0n) is 13.6. The first-order chi connectivity index (χ1) is 11.2. The molecule has 0 unspecified atom stereocenters. The van der Waals surface area contributed by atoms with Crippen molar-refractivity contribution >= 4 is 17.3 Å². The van der Waals surface area contributed by atoms with Crippen LogP contribution in [-0.2, 0) is 17.6 Å². The van der Waals surface area contributed by atoms with Crippen LogP contribution in [0.1, 0.15) is 18.1 Å². The average Bonchev–Trinajstić information content (AvgIpc) is 2.90. The van der Waals surface area contributed by atoms with Crippen molar-refractivity contribution in [3.05, 3.63) is 53.6 Å². The second-order valence-corrected chi connectivity index (χ2v) is 5.82. The molecule has 1 amide bonds. The lowest BCUT2D eigenvalue weighted by atomic mass is 10.1. The van der Waals surface area contributed by atoms with Crippen LogP contribution in [0.2, 0.25) is 0 Å². The Morgan fingerprint density at radius 1 is 1.22 bits per heavy atom. The minimum atomic E-state index is -0.00485. The third-order valence-corrected chi connectivity index (χ3v) is 4.10. The number of ether oxygens (including phenoxy) is 1. The molecule has 4 heteroatoms. The van der Waals surface area contributed by atoms with Crippen LogP contribution in [0.5, 0.6) is 5.75 Å². The van der Waals surface area contributed by atoms with Crippen molar-refractivity contribution in [2.45, 2.75) is 19.8 Å². The van der Waals surface area contributed by atoms with E-state index in [9.17, 15) is 4.79 Å². The summed E-state index contributed by atoms with van der Waals surface area (Å²) in [4.78, 5) is 14.4. The highest BCUT2D eigenvalue weighted by atomic mass is 16.5. The Labute approximate surface area is 137 Å². The van der Waals surface area contributed by atoms with Crippen LogP contribution in [-0.4, -0.2) is 26.1 Å². The maximum Gasteiger partial charge on any atom is 0.228 e. The number of nitrogens with zero attached hydrogens (tertiary/aromatic N) is 1. The highest BCUT2D eigenvalue weighted by molar-refractivity contribution is 5.93. The molecule has 0 saturated heterocycles. The third-order valence-electron chi connectivity index (χ3n) is 4.10. The average molecular weight is 310 g/mol. The van der Waals surface area contributed by atoms with Gasteiger partial charge in [-0.15, -0.1) is 0 Å². The minimum Gasteiger partial charge on any atom is -0.494 e. The number of carbonyl (C=O) groups excluding carboxylic acids is 1. The largest absolute Gasteiger partial charge is 0.494 e. The molecule has 4 nitrogen and oxygen atoms in total. The number of carbonyl (C=O) groups is 1. The van der Waals surface area contributed by atoms with Crippen molar-refractivity contribution in [1.29, 1.82) is 0 Å². The molecular formula is C19H22N2O2. The summed E-state index contributed by atoms with van der Waals surface area (Å²) in [5.41, 5.74) is 4.39.